The Hall–Kier alpha value is -2.65. The summed E-state index contributed by atoms with van der Waals surface area (Å²) < 4.78 is 5.42. The summed E-state index contributed by atoms with van der Waals surface area (Å²) in [5.41, 5.74) is 1.17. The van der Waals surface area contributed by atoms with E-state index in [9.17, 15) is 9.59 Å². The predicted molar refractivity (Wildman–Crippen MR) is 85.7 cm³/mol. The zero-order valence-corrected chi connectivity index (χ0v) is 13.0. The number of nitrogens with zero attached hydrogens (tertiary/aromatic N) is 1. The van der Waals surface area contributed by atoms with E-state index in [-0.39, 0.29) is 17.5 Å². The van der Waals surface area contributed by atoms with Crippen LogP contribution in [-0.4, -0.2) is 30.9 Å². The summed E-state index contributed by atoms with van der Waals surface area (Å²) in [6.45, 7) is 2.60. The van der Waals surface area contributed by atoms with Gasteiger partial charge in [-0.3, -0.25) is 9.59 Å². The highest BCUT2D eigenvalue weighted by molar-refractivity contribution is 5.97. The van der Waals surface area contributed by atoms with Crippen molar-refractivity contribution in [2.24, 2.45) is 0 Å². The quantitative estimate of drug-likeness (QED) is 0.476. The number of amides is 1. The Labute approximate surface area is 135 Å². The van der Waals surface area contributed by atoms with Gasteiger partial charge in [0.2, 0.25) is 0 Å². The third-order valence-electron chi connectivity index (χ3n) is 3.53. The molecule has 2 rings (SSSR count). The second-order valence-corrected chi connectivity index (χ2v) is 5.30. The van der Waals surface area contributed by atoms with Crippen LogP contribution in [0.5, 0.6) is 0 Å². The zero-order chi connectivity index (χ0) is 16.7. The number of hydrogen-bond acceptors (Lipinski definition) is 5. The summed E-state index contributed by atoms with van der Waals surface area (Å²) in [5, 5.41) is 14.7. The number of carbonyl (C=O) groups excluding carboxylic acids is 2. The van der Waals surface area contributed by atoms with Gasteiger partial charge in [0, 0.05) is 30.6 Å². The molecule has 1 saturated heterocycles. The molecule has 1 aliphatic heterocycles. The van der Waals surface area contributed by atoms with Crippen LogP contribution in [0.2, 0.25) is 0 Å². The molecule has 1 heterocycles. The van der Waals surface area contributed by atoms with Gasteiger partial charge < -0.3 is 15.4 Å². The lowest BCUT2D eigenvalue weighted by Gasteiger charge is -2.10. The van der Waals surface area contributed by atoms with Gasteiger partial charge >= 0.3 is 0 Å². The molecule has 0 aliphatic carbocycles. The van der Waals surface area contributed by atoms with Gasteiger partial charge in [-0.05, 0) is 31.9 Å². The fourth-order valence-electron chi connectivity index (χ4n) is 2.24. The smallest absolute Gasteiger partial charge is 0.263 e. The van der Waals surface area contributed by atoms with Crippen LogP contribution in [0.4, 0.5) is 5.69 Å². The first-order valence-electron chi connectivity index (χ1n) is 7.47. The minimum absolute atomic E-state index is 0.0269. The van der Waals surface area contributed by atoms with Gasteiger partial charge in [-0.15, -0.1) is 0 Å². The van der Waals surface area contributed by atoms with Crippen LogP contribution in [0.15, 0.2) is 36.0 Å². The van der Waals surface area contributed by atoms with E-state index >= 15 is 0 Å². The van der Waals surface area contributed by atoms with Gasteiger partial charge in [-0.2, -0.15) is 5.26 Å². The molecule has 1 fully saturated rings. The highest BCUT2D eigenvalue weighted by Gasteiger charge is 2.17. The number of benzene rings is 1. The van der Waals surface area contributed by atoms with Crippen molar-refractivity contribution in [1.82, 2.24) is 5.32 Å². The summed E-state index contributed by atoms with van der Waals surface area (Å²) in [7, 11) is 0. The molecule has 1 amide bonds. The van der Waals surface area contributed by atoms with E-state index in [0.29, 0.717) is 17.8 Å². The summed E-state index contributed by atoms with van der Waals surface area (Å²) in [6.07, 6.45) is 3.28. The first-order chi connectivity index (χ1) is 11.1. The summed E-state index contributed by atoms with van der Waals surface area (Å²) in [5.74, 6) is -0.495. The first kappa shape index (κ1) is 16.7. The van der Waals surface area contributed by atoms with Crippen LogP contribution in [0.3, 0.4) is 0 Å². The fraction of sp³-hybridized carbons (Fsp3) is 0.353. The van der Waals surface area contributed by atoms with Crippen LogP contribution in [-0.2, 0) is 9.53 Å². The molecule has 1 atom stereocenters. The Kier molecular flexibility index (Phi) is 5.89. The van der Waals surface area contributed by atoms with Gasteiger partial charge in [0.15, 0.2) is 5.78 Å². The third-order valence-corrected chi connectivity index (χ3v) is 3.53. The van der Waals surface area contributed by atoms with Crippen molar-refractivity contribution >= 4 is 17.4 Å². The second kappa shape index (κ2) is 8.11. The number of hydrogen-bond donors (Lipinski definition) is 2. The second-order valence-electron chi connectivity index (χ2n) is 5.30. The molecule has 6 heteroatoms. The SMILES string of the molecule is CC(=O)c1cccc(N/C=C(/C#N)C(=O)NCC2CCCO2)c1. The fourth-order valence-corrected chi connectivity index (χ4v) is 2.24. The minimum Gasteiger partial charge on any atom is -0.376 e. The van der Waals surface area contributed by atoms with E-state index in [2.05, 4.69) is 10.6 Å². The van der Waals surface area contributed by atoms with Crippen molar-refractivity contribution in [1.29, 1.82) is 5.26 Å². The third kappa shape index (κ3) is 4.94. The maximum Gasteiger partial charge on any atom is 0.263 e. The Morgan fingerprint density at radius 1 is 1.48 bits per heavy atom. The zero-order valence-electron chi connectivity index (χ0n) is 13.0. The number of anilines is 1. The monoisotopic (exact) mass is 313 g/mol. The lowest BCUT2D eigenvalue weighted by atomic mass is 10.1. The number of ether oxygens (including phenoxy) is 1. The van der Waals surface area contributed by atoms with Crippen molar-refractivity contribution in [3.05, 3.63) is 41.6 Å². The Morgan fingerprint density at radius 2 is 2.30 bits per heavy atom. The number of nitrogens with one attached hydrogen (secondary N) is 2. The first-order valence-corrected chi connectivity index (χ1v) is 7.47. The molecule has 1 aromatic rings. The molecule has 23 heavy (non-hydrogen) atoms. The summed E-state index contributed by atoms with van der Waals surface area (Å²) in [4.78, 5) is 23.3. The average Bonchev–Trinajstić information content (AvgIpc) is 3.07. The molecule has 0 radical (unpaired) electrons. The lowest BCUT2D eigenvalue weighted by molar-refractivity contribution is -0.117. The predicted octanol–water partition coefficient (Wildman–Crippen LogP) is 2.00. The molecule has 120 valence electrons. The number of nitriles is 1. The number of ketones is 1. The highest BCUT2D eigenvalue weighted by Crippen LogP contribution is 2.12. The molecule has 0 saturated carbocycles. The van der Waals surface area contributed by atoms with Gasteiger partial charge in [0.25, 0.3) is 5.91 Å². The average molecular weight is 313 g/mol. The van der Waals surface area contributed by atoms with Crippen LogP contribution in [0, 0.1) is 11.3 Å². The Balaban J connectivity index is 1.95. The summed E-state index contributed by atoms with van der Waals surface area (Å²) in [6, 6.07) is 8.72. The maximum absolute atomic E-state index is 12.0. The van der Waals surface area contributed by atoms with Crippen molar-refractivity contribution in [3.8, 4) is 6.07 Å². The van der Waals surface area contributed by atoms with Gasteiger partial charge in [-0.1, -0.05) is 12.1 Å². The molecule has 0 aromatic heterocycles. The van der Waals surface area contributed by atoms with Crippen molar-refractivity contribution < 1.29 is 14.3 Å². The van der Waals surface area contributed by atoms with E-state index < -0.39 is 5.91 Å². The minimum atomic E-state index is -0.446. The Morgan fingerprint density at radius 3 is 2.96 bits per heavy atom. The van der Waals surface area contributed by atoms with E-state index in [0.717, 1.165) is 19.4 Å². The molecule has 6 nitrogen and oxygen atoms in total. The van der Waals surface area contributed by atoms with Crippen LogP contribution in [0.25, 0.3) is 0 Å². The maximum atomic E-state index is 12.0. The van der Waals surface area contributed by atoms with Gasteiger partial charge in [0.1, 0.15) is 11.6 Å². The molecule has 1 aromatic carbocycles. The van der Waals surface area contributed by atoms with Crippen molar-refractivity contribution in [3.63, 3.8) is 0 Å². The number of Topliss-reactive ketones (excluding diaryl/α,β-unsaturated/α-hetero) is 1. The van der Waals surface area contributed by atoms with Crippen LogP contribution >= 0.6 is 0 Å². The van der Waals surface area contributed by atoms with E-state index in [1.807, 2.05) is 6.07 Å². The molecule has 1 unspecified atom stereocenters. The van der Waals surface area contributed by atoms with E-state index in [1.54, 1.807) is 24.3 Å². The number of rotatable bonds is 6. The largest absolute Gasteiger partial charge is 0.376 e. The summed E-state index contributed by atoms with van der Waals surface area (Å²) >= 11 is 0. The standard InChI is InChI=1S/C17H19N3O3/c1-12(21)13-4-2-5-15(8-13)19-10-14(9-18)17(22)20-11-16-6-3-7-23-16/h2,4-5,8,10,16,19H,3,6-7,11H2,1H3,(H,20,22)/b14-10-. The van der Waals surface area contributed by atoms with Gasteiger partial charge in [0.05, 0.1) is 6.10 Å². The molecular weight excluding hydrogens is 294 g/mol. The van der Waals surface area contributed by atoms with Crippen molar-refractivity contribution in [2.75, 3.05) is 18.5 Å². The lowest BCUT2D eigenvalue weighted by Crippen LogP contribution is -2.32. The molecule has 0 bridgehead atoms. The number of carbonyl (C=O) groups is 2. The highest BCUT2D eigenvalue weighted by atomic mass is 16.5. The topological polar surface area (TPSA) is 91.2 Å². The molecule has 0 spiro atoms. The van der Waals surface area contributed by atoms with Crippen LogP contribution in [0.1, 0.15) is 30.1 Å². The van der Waals surface area contributed by atoms with Crippen molar-refractivity contribution in [2.45, 2.75) is 25.9 Å². The van der Waals surface area contributed by atoms with Gasteiger partial charge in [-0.25, -0.2) is 0 Å². The normalized spacial score (nSPS) is 17.4. The molecule has 1 aliphatic rings. The van der Waals surface area contributed by atoms with Crippen LogP contribution < -0.4 is 10.6 Å². The van der Waals surface area contributed by atoms with E-state index in [4.69, 9.17) is 10.00 Å². The molecule has 2 N–H and O–H groups in total. The Bertz CT molecular complexity index is 655. The molecular formula is C17H19N3O3. The van der Waals surface area contributed by atoms with E-state index in [1.165, 1.54) is 13.1 Å².